The highest BCUT2D eigenvalue weighted by Gasteiger charge is 2.09. The summed E-state index contributed by atoms with van der Waals surface area (Å²) >= 11 is 0. The summed E-state index contributed by atoms with van der Waals surface area (Å²) in [6, 6.07) is 14.0. The van der Waals surface area contributed by atoms with Crippen LogP contribution < -0.4 is 5.73 Å². The molecule has 0 unspecified atom stereocenters. The maximum absolute atomic E-state index is 12.9. The molecular weight excluding hydrogens is 241 g/mol. The van der Waals surface area contributed by atoms with Gasteiger partial charge in [-0.05, 0) is 29.8 Å². The van der Waals surface area contributed by atoms with Gasteiger partial charge in [0.2, 0.25) is 0 Å². The van der Waals surface area contributed by atoms with Crippen LogP contribution in [0.15, 0.2) is 54.9 Å². The zero-order valence-corrected chi connectivity index (χ0v) is 10.3. The molecule has 4 heteroatoms. The minimum absolute atomic E-state index is 0.182. The summed E-state index contributed by atoms with van der Waals surface area (Å²) < 4.78 is 14.9. The van der Waals surface area contributed by atoms with Gasteiger partial charge in [0.1, 0.15) is 5.82 Å². The van der Waals surface area contributed by atoms with E-state index in [1.54, 1.807) is 18.5 Å². The van der Waals surface area contributed by atoms with Gasteiger partial charge < -0.3 is 10.3 Å². The van der Waals surface area contributed by atoms with Gasteiger partial charge in [-0.1, -0.05) is 24.3 Å². The summed E-state index contributed by atoms with van der Waals surface area (Å²) in [5.41, 5.74) is 9.08. The van der Waals surface area contributed by atoms with Crippen molar-refractivity contribution in [1.29, 1.82) is 0 Å². The van der Waals surface area contributed by atoms with Crippen molar-refractivity contribution in [3.63, 3.8) is 0 Å². The quantitative estimate of drug-likeness (QED) is 0.782. The van der Waals surface area contributed by atoms with E-state index in [9.17, 15) is 4.39 Å². The molecule has 0 radical (unpaired) electrons. The van der Waals surface area contributed by atoms with E-state index < -0.39 is 0 Å². The number of benzene rings is 2. The summed E-state index contributed by atoms with van der Waals surface area (Å²) in [6.07, 6.45) is 1.79. The molecule has 0 spiro atoms. The van der Waals surface area contributed by atoms with Gasteiger partial charge in [0.05, 0.1) is 17.4 Å². The first-order valence-corrected chi connectivity index (χ1v) is 6.15. The molecule has 0 saturated heterocycles. The van der Waals surface area contributed by atoms with Crippen LogP contribution in [-0.4, -0.2) is 9.55 Å². The predicted octanol–water partition coefficient (Wildman–Crippen LogP) is 2.88. The first kappa shape index (κ1) is 11.9. The van der Waals surface area contributed by atoms with Crippen LogP contribution in [0.1, 0.15) is 11.6 Å². The van der Waals surface area contributed by atoms with Gasteiger partial charge in [0, 0.05) is 12.6 Å². The Morgan fingerprint density at radius 3 is 2.63 bits per heavy atom. The molecule has 19 heavy (non-hydrogen) atoms. The van der Waals surface area contributed by atoms with Crippen molar-refractivity contribution >= 4 is 11.0 Å². The molecule has 0 fully saturated rings. The molecule has 2 N–H and O–H groups in total. The lowest BCUT2D eigenvalue weighted by Crippen LogP contribution is -2.17. The van der Waals surface area contributed by atoms with Crippen LogP contribution in [0.3, 0.4) is 0 Å². The average molecular weight is 255 g/mol. The van der Waals surface area contributed by atoms with Gasteiger partial charge in [0.25, 0.3) is 0 Å². The van der Waals surface area contributed by atoms with Crippen LogP contribution in [0, 0.1) is 5.82 Å². The first-order valence-electron chi connectivity index (χ1n) is 6.15. The highest BCUT2D eigenvalue weighted by Crippen LogP contribution is 2.17. The lowest BCUT2D eigenvalue weighted by molar-refractivity contribution is 0.584. The minimum atomic E-state index is -0.246. The first-order chi connectivity index (χ1) is 9.24. The van der Waals surface area contributed by atoms with Gasteiger partial charge in [-0.15, -0.1) is 0 Å². The summed E-state index contributed by atoms with van der Waals surface area (Å²) in [6.45, 7) is 0.617. The van der Waals surface area contributed by atoms with Crippen molar-refractivity contribution in [2.45, 2.75) is 12.6 Å². The summed E-state index contributed by atoms with van der Waals surface area (Å²) in [5.74, 6) is -0.246. The van der Waals surface area contributed by atoms with Crippen LogP contribution in [0.4, 0.5) is 4.39 Å². The predicted molar refractivity (Wildman–Crippen MR) is 73.1 cm³/mol. The summed E-state index contributed by atoms with van der Waals surface area (Å²) in [7, 11) is 0. The van der Waals surface area contributed by atoms with E-state index in [0.717, 1.165) is 16.6 Å². The third-order valence-corrected chi connectivity index (χ3v) is 3.22. The molecule has 3 rings (SSSR count). The number of halogens is 1. The van der Waals surface area contributed by atoms with Gasteiger partial charge in [-0.3, -0.25) is 0 Å². The second-order valence-electron chi connectivity index (χ2n) is 4.54. The minimum Gasteiger partial charge on any atom is -0.329 e. The third kappa shape index (κ3) is 2.35. The number of hydrogen-bond donors (Lipinski definition) is 1. The fraction of sp³-hybridized carbons (Fsp3) is 0.133. The van der Waals surface area contributed by atoms with E-state index in [1.165, 1.54) is 12.1 Å². The van der Waals surface area contributed by atoms with Crippen molar-refractivity contribution in [2.24, 2.45) is 5.73 Å². The number of rotatable bonds is 3. The Morgan fingerprint density at radius 2 is 1.84 bits per heavy atom. The number of hydrogen-bond acceptors (Lipinski definition) is 2. The van der Waals surface area contributed by atoms with E-state index in [0.29, 0.717) is 6.54 Å². The largest absolute Gasteiger partial charge is 0.329 e. The highest BCUT2D eigenvalue weighted by atomic mass is 19.1. The van der Waals surface area contributed by atoms with E-state index >= 15 is 0 Å². The SMILES string of the molecule is N[C@@H](Cn1cnc2ccccc21)c1ccc(F)cc1. The molecule has 1 aromatic heterocycles. The van der Waals surface area contributed by atoms with Crippen molar-refractivity contribution in [1.82, 2.24) is 9.55 Å². The van der Waals surface area contributed by atoms with Crippen molar-refractivity contribution in [3.05, 3.63) is 66.2 Å². The Kier molecular flexibility index (Phi) is 3.01. The number of nitrogens with two attached hydrogens (primary N) is 1. The lowest BCUT2D eigenvalue weighted by atomic mass is 10.1. The van der Waals surface area contributed by atoms with Crippen LogP contribution in [0.5, 0.6) is 0 Å². The van der Waals surface area contributed by atoms with Gasteiger partial charge in [-0.25, -0.2) is 9.37 Å². The number of aromatic nitrogens is 2. The molecule has 3 aromatic rings. The van der Waals surface area contributed by atoms with Crippen LogP contribution in [0.25, 0.3) is 11.0 Å². The molecule has 96 valence electrons. The van der Waals surface area contributed by atoms with E-state index in [2.05, 4.69) is 4.98 Å². The van der Waals surface area contributed by atoms with E-state index in [-0.39, 0.29) is 11.9 Å². The Balaban J connectivity index is 1.86. The number of fused-ring (bicyclic) bond motifs is 1. The van der Waals surface area contributed by atoms with Crippen molar-refractivity contribution < 1.29 is 4.39 Å². The highest BCUT2D eigenvalue weighted by molar-refractivity contribution is 5.74. The van der Waals surface area contributed by atoms with Crippen molar-refractivity contribution in [2.75, 3.05) is 0 Å². The molecule has 1 heterocycles. The fourth-order valence-corrected chi connectivity index (χ4v) is 2.18. The second kappa shape index (κ2) is 4.82. The fourth-order valence-electron chi connectivity index (χ4n) is 2.18. The van der Waals surface area contributed by atoms with E-state index in [4.69, 9.17) is 5.73 Å². The summed E-state index contributed by atoms with van der Waals surface area (Å²) in [4.78, 5) is 4.33. The molecule has 0 saturated carbocycles. The van der Waals surface area contributed by atoms with Gasteiger partial charge in [-0.2, -0.15) is 0 Å². The van der Waals surface area contributed by atoms with Crippen LogP contribution in [0.2, 0.25) is 0 Å². The Morgan fingerprint density at radius 1 is 1.11 bits per heavy atom. The molecule has 0 aliphatic carbocycles. The van der Waals surface area contributed by atoms with Gasteiger partial charge >= 0.3 is 0 Å². The molecule has 3 nitrogen and oxygen atoms in total. The maximum atomic E-state index is 12.9. The van der Waals surface area contributed by atoms with E-state index in [1.807, 2.05) is 28.8 Å². The number of imidazole rings is 1. The Bertz CT molecular complexity index is 688. The Labute approximate surface area is 110 Å². The van der Waals surface area contributed by atoms with Crippen LogP contribution >= 0.6 is 0 Å². The van der Waals surface area contributed by atoms with Crippen molar-refractivity contribution in [3.8, 4) is 0 Å². The maximum Gasteiger partial charge on any atom is 0.123 e. The lowest BCUT2D eigenvalue weighted by Gasteiger charge is -2.13. The monoisotopic (exact) mass is 255 g/mol. The third-order valence-electron chi connectivity index (χ3n) is 3.22. The molecule has 2 aromatic carbocycles. The number of para-hydroxylation sites is 2. The molecule has 0 bridgehead atoms. The smallest absolute Gasteiger partial charge is 0.123 e. The molecule has 0 aliphatic heterocycles. The second-order valence-corrected chi connectivity index (χ2v) is 4.54. The zero-order chi connectivity index (χ0) is 13.2. The zero-order valence-electron chi connectivity index (χ0n) is 10.3. The topological polar surface area (TPSA) is 43.8 Å². The molecule has 0 amide bonds. The Hall–Kier alpha value is -2.20. The van der Waals surface area contributed by atoms with Crippen LogP contribution in [-0.2, 0) is 6.54 Å². The average Bonchev–Trinajstić information content (AvgIpc) is 2.83. The molecular formula is C15H14FN3. The summed E-state index contributed by atoms with van der Waals surface area (Å²) in [5, 5.41) is 0. The molecule has 1 atom stereocenters. The number of nitrogens with zero attached hydrogens (tertiary/aromatic N) is 2. The normalized spacial score (nSPS) is 12.7. The standard InChI is InChI=1S/C15H14FN3/c16-12-7-5-11(6-8-12)13(17)9-19-10-18-14-3-1-2-4-15(14)19/h1-8,10,13H,9,17H2/t13-/m0/s1. The van der Waals surface area contributed by atoms with Gasteiger partial charge in [0.15, 0.2) is 0 Å². The molecule has 0 aliphatic rings.